The molecule has 1 aliphatic heterocycles. The fourth-order valence-electron chi connectivity index (χ4n) is 3.19. The molecule has 2 heterocycles. The summed E-state index contributed by atoms with van der Waals surface area (Å²) in [4.78, 5) is 50.8. The molecule has 1 aromatic rings. The lowest BCUT2D eigenvalue weighted by atomic mass is 10.1. The number of ether oxygens (including phenoxy) is 4. The molecule has 0 unspecified atom stereocenters. The van der Waals surface area contributed by atoms with Crippen LogP contribution in [-0.2, 0) is 44.5 Å². The third-order valence-corrected chi connectivity index (χ3v) is 5.26. The molecular weight excluding hydrogens is 450 g/mol. The molecule has 0 spiro atoms. The molecule has 1 saturated heterocycles. The summed E-state index contributed by atoms with van der Waals surface area (Å²) >= 11 is 0. The number of esters is 3. The van der Waals surface area contributed by atoms with E-state index in [9.17, 15) is 19.2 Å². The van der Waals surface area contributed by atoms with Crippen molar-refractivity contribution in [3.63, 3.8) is 0 Å². The van der Waals surface area contributed by atoms with Gasteiger partial charge in [0, 0.05) is 20.8 Å². The van der Waals surface area contributed by atoms with Crippen molar-refractivity contribution in [2.24, 2.45) is 5.73 Å². The zero-order valence-corrected chi connectivity index (χ0v) is 20.5. The summed E-state index contributed by atoms with van der Waals surface area (Å²) in [7, 11) is -1.83. The van der Waals surface area contributed by atoms with E-state index in [2.05, 4.69) is 16.4 Å². The molecule has 1 fully saturated rings. The van der Waals surface area contributed by atoms with Gasteiger partial charge in [0.15, 0.2) is 18.4 Å². The second kappa shape index (κ2) is 10.6. The van der Waals surface area contributed by atoms with Crippen molar-refractivity contribution < 1.29 is 38.1 Å². The molecule has 2 rings (SSSR count). The molecule has 1 aliphatic rings. The quantitative estimate of drug-likeness (QED) is 0.255. The van der Waals surface area contributed by atoms with Gasteiger partial charge in [-0.2, -0.15) is 0 Å². The van der Waals surface area contributed by atoms with Gasteiger partial charge in [-0.1, -0.05) is 25.6 Å². The first-order valence-electron chi connectivity index (χ1n) is 10.3. The van der Waals surface area contributed by atoms with Crippen LogP contribution in [0.4, 0.5) is 0 Å². The van der Waals surface area contributed by atoms with Gasteiger partial charge in [-0.05, 0) is 0 Å². The lowest BCUT2D eigenvalue weighted by Crippen LogP contribution is -2.40. The predicted molar refractivity (Wildman–Crippen MR) is 117 cm³/mol. The van der Waals surface area contributed by atoms with Crippen molar-refractivity contribution >= 4 is 31.9 Å². The van der Waals surface area contributed by atoms with Gasteiger partial charge in [-0.15, -0.1) is 5.54 Å². The maximum Gasteiger partial charge on any atom is 0.303 e. The predicted octanol–water partition coefficient (Wildman–Crippen LogP) is 0.464. The number of hydrogen-bond acceptors (Lipinski definition) is 9. The number of primary amides is 1. The Morgan fingerprint density at radius 3 is 2.21 bits per heavy atom. The molecule has 0 aliphatic carbocycles. The van der Waals surface area contributed by atoms with E-state index in [1.54, 1.807) is 0 Å². The van der Waals surface area contributed by atoms with Crippen LogP contribution in [-0.4, -0.2) is 66.4 Å². The van der Waals surface area contributed by atoms with Crippen LogP contribution in [0.25, 0.3) is 0 Å². The number of amides is 1. The highest BCUT2D eigenvalue weighted by Crippen LogP contribution is 2.35. The normalized spacial score (nSPS) is 22.1. The molecule has 0 radical (unpaired) electrons. The monoisotopic (exact) mass is 479 g/mol. The molecule has 0 saturated carbocycles. The van der Waals surface area contributed by atoms with Gasteiger partial charge in [-0.3, -0.25) is 23.7 Å². The van der Waals surface area contributed by atoms with Crippen molar-refractivity contribution in [2.75, 3.05) is 6.61 Å². The van der Waals surface area contributed by atoms with Gasteiger partial charge in [-0.25, -0.2) is 4.98 Å². The van der Waals surface area contributed by atoms with Crippen LogP contribution in [0.1, 0.15) is 38.4 Å². The zero-order chi connectivity index (χ0) is 24.9. The molecule has 12 heteroatoms. The number of imidazole rings is 1. The molecular formula is C21H29N3O8Si. The van der Waals surface area contributed by atoms with E-state index < -0.39 is 56.4 Å². The third kappa shape index (κ3) is 7.43. The first-order valence-corrected chi connectivity index (χ1v) is 13.8. The Bertz CT molecular complexity index is 988. The molecule has 2 N–H and O–H groups in total. The third-order valence-electron chi connectivity index (χ3n) is 4.38. The average Bonchev–Trinajstić information content (AvgIpc) is 3.18. The SMILES string of the molecule is CC(=O)OC[C@H]1O[C@@H](n2cnc(CC(N)=O)c2C#C[Si](C)(C)C)[C@H](OC(C)=O)[C@@H]1OC(C)=O. The topological polar surface area (TPSA) is 149 Å². The Kier molecular flexibility index (Phi) is 8.40. The van der Waals surface area contributed by atoms with E-state index in [0.717, 1.165) is 0 Å². The van der Waals surface area contributed by atoms with Crippen LogP contribution in [0.15, 0.2) is 6.33 Å². The largest absolute Gasteiger partial charge is 0.463 e. The van der Waals surface area contributed by atoms with Crippen molar-refractivity contribution in [1.82, 2.24) is 9.55 Å². The molecule has 1 aromatic heterocycles. The molecule has 180 valence electrons. The lowest BCUT2D eigenvalue weighted by Gasteiger charge is -2.24. The smallest absolute Gasteiger partial charge is 0.303 e. The summed E-state index contributed by atoms with van der Waals surface area (Å²) in [5.74, 6) is 0.658. The number of nitrogens with zero attached hydrogens (tertiary/aromatic N) is 2. The van der Waals surface area contributed by atoms with Crippen LogP contribution in [0, 0.1) is 11.5 Å². The fraction of sp³-hybridized carbons (Fsp3) is 0.571. The molecule has 1 amide bonds. The molecule has 4 atom stereocenters. The Labute approximate surface area is 192 Å². The van der Waals surface area contributed by atoms with E-state index >= 15 is 0 Å². The highest BCUT2D eigenvalue weighted by molar-refractivity contribution is 6.83. The Hall–Kier alpha value is -3.17. The summed E-state index contributed by atoms with van der Waals surface area (Å²) in [5.41, 5.74) is 9.28. The minimum Gasteiger partial charge on any atom is -0.463 e. The number of hydrogen-bond donors (Lipinski definition) is 1. The Balaban J connectivity index is 2.57. The first kappa shape index (κ1) is 26.1. The van der Waals surface area contributed by atoms with Crippen molar-refractivity contribution in [1.29, 1.82) is 0 Å². The van der Waals surface area contributed by atoms with E-state index in [4.69, 9.17) is 24.7 Å². The number of rotatable bonds is 7. The summed E-state index contributed by atoms with van der Waals surface area (Å²) in [6.45, 7) is 9.55. The van der Waals surface area contributed by atoms with E-state index in [1.165, 1.54) is 31.7 Å². The summed E-state index contributed by atoms with van der Waals surface area (Å²) in [5, 5.41) is 0. The zero-order valence-electron chi connectivity index (χ0n) is 19.5. The van der Waals surface area contributed by atoms with Crippen molar-refractivity contribution in [2.45, 2.75) is 71.4 Å². The minimum atomic E-state index is -1.83. The number of nitrogens with two attached hydrogens (primary N) is 1. The van der Waals surface area contributed by atoms with Crippen molar-refractivity contribution in [3.05, 3.63) is 17.7 Å². The van der Waals surface area contributed by atoms with Gasteiger partial charge >= 0.3 is 17.9 Å². The number of aromatic nitrogens is 2. The van der Waals surface area contributed by atoms with E-state index in [-0.39, 0.29) is 13.0 Å². The second-order valence-electron chi connectivity index (χ2n) is 8.61. The van der Waals surface area contributed by atoms with Gasteiger partial charge in [0.05, 0.1) is 18.4 Å². The molecule has 11 nitrogen and oxygen atoms in total. The van der Waals surface area contributed by atoms with Crippen molar-refractivity contribution in [3.8, 4) is 11.5 Å². The van der Waals surface area contributed by atoms with Crippen LogP contribution in [0.2, 0.25) is 19.6 Å². The van der Waals surface area contributed by atoms with Crippen LogP contribution in [0.3, 0.4) is 0 Å². The number of carbonyl (C=O) groups is 4. The lowest BCUT2D eigenvalue weighted by molar-refractivity contribution is -0.166. The standard InChI is InChI=1S/C21H29N3O8Si/c1-12(25)29-10-17-19(30-13(2)26)20(31-14(3)27)21(32-17)24-11-23-15(9-18(22)28)16(24)7-8-33(4,5)6/h11,17,19-21H,9-10H2,1-6H3,(H2,22,28)/t17-,19-,20-,21-/m1/s1. The molecule has 0 aromatic carbocycles. The number of carbonyl (C=O) groups excluding carboxylic acids is 4. The van der Waals surface area contributed by atoms with Crippen LogP contribution < -0.4 is 5.73 Å². The van der Waals surface area contributed by atoms with Gasteiger partial charge < -0.3 is 24.7 Å². The van der Waals surface area contributed by atoms with Gasteiger partial charge in [0.1, 0.15) is 26.5 Å². The highest BCUT2D eigenvalue weighted by Gasteiger charge is 2.51. The Morgan fingerprint density at radius 1 is 1.09 bits per heavy atom. The van der Waals surface area contributed by atoms with Crippen LogP contribution in [0.5, 0.6) is 0 Å². The summed E-state index contributed by atoms with van der Waals surface area (Å²) in [6.07, 6.45) is -2.85. The fourth-order valence-corrected chi connectivity index (χ4v) is 3.68. The van der Waals surface area contributed by atoms with E-state index in [0.29, 0.717) is 11.4 Å². The second-order valence-corrected chi connectivity index (χ2v) is 13.4. The average molecular weight is 480 g/mol. The highest BCUT2D eigenvalue weighted by atomic mass is 28.3. The van der Waals surface area contributed by atoms with Gasteiger partial charge in [0.2, 0.25) is 5.91 Å². The maximum absolute atomic E-state index is 11.9. The summed E-state index contributed by atoms with van der Waals surface area (Å²) in [6, 6.07) is 0. The molecule has 0 bridgehead atoms. The van der Waals surface area contributed by atoms with Crippen LogP contribution >= 0.6 is 0 Å². The minimum absolute atomic E-state index is 0.155. The van der Waals surface area contributed by atoms with E-state index in [1.807, 2.05) is 19.6 Å². The Morgan fingerprint density at radius 2 is 1.70 bits per heavy atom. The van der Waals surface area contributed by atoms with Gasteiger partial charge in [0.25, 0.3) is 0 Å². The maximum atomic E-state index is 11.9. The molecule has 33 heavy (non-hydrogen) atoms. The first-order chi connectivity index (χ1) is 15.3. The summed E-state index contributed by atoms with van der Waals surface area (Å²) < 4.78 is 23.4.